The van der Waals surface area contributed by atoms with Crippen LogP contribution in [0.1, 0.15) is 23.6 Å². The van der Waals surface area contributed by atoms with Gasteiger partial charge >= 0.3 is 6.18 Å². The first-order chi connectivity index (χ1) is 10.3. The molecule has 1 aromatic carbocycles. The van der Waals surface area contributed by atoms with Gasteiger partial charge in [0, 0.05) is 43.1 Å². The van der Waals surface area contributed by atoms with E-state index in [1.54, 1.807) is 0 Å². The lowest BCUT2D eigenvalue weighted by atomic mass is 9.99. The van der Waals surface area contributed by atoms with E-state index < -0.39 is 30.6 Å². The molecule has 1 saturated heterocycles. The van der Waals surface area contributed by atoms with Crippen molar-refractivity contribution in [3.63, 3.8) is 0 Å². The van der Waals surface area contributed by atoms with Crippen LogP contribution in [-0.4, -0.2) is 37.5 Å². The molecule has 0 saturated carbocycles. The minimum Gasteiger partial charge on any atom is -0.314 e. The summed E-state index contributed by atoms with van der Waals surface area (Å²) in [4.78, 5) is 1.81. The lowest BCUT2D eigenvalue weighted by Crippen LogP contribution is -2.45. The van der Waals surface area contributed by atoms with E-state index in [0.29, 0.717) is 30.7 Å². The average Bonchev–Trinajstić information content (AvgIpc) is 2.45. The van der Waals surface area contributed by atoms with Crippen LogP contribution in [0.25, 0.3) is 0 Å². The molecule has 9 heteroatoms. The molecule has 1 aliphatic heterocycles. The second kappa shape index (κ2) is 8.60. The second-order valence-electron chi connectivity index (χ2n) is 5.16. The molecule has 0 unspecified atom stereocenters. The predicted molar refractivity (Wildman–Crippen MR) is 84.2 cm³/mol. The molecule has 1 atom stereocenters. The summed E-state index contributed by atoms with van der Waals surface area (Å²) in [5.74, 6) is 0. The second-order valence-corrected chi connectivity index (χ2v) is 6.02. The van der Waals surface area contributed by atoms with Crippen LogP contribution in [0.3, 0.4) is 0 Å². The molecule has 2 nitrogen and oxygen atoms in total. The fourth-order valence-electron chi connectivity index (χ4n) is 2.61. The molecule has 0 aliphatic carbocycles. The van der Waals surface area contributed by atoms with Crippen molar-refractivity contribution in [1.29, 1.82) is 0 Å². The van der Waals surface area contributed by atoms with Crippen LogP contribution in [0.4, 0.5) is 22.0 Å². The first kappa shape index (κ1) is 20.6. The van der Waals surface area contributed by atoms with Gasteiger partial charge in [0.25, 0.3) is 0 Å². The molecule has 1 aliphatic rings. The van der Waals surface area contributed by atoms with Gasteiger partial charge in [-0.2, -0.15) is 13.2 Å². The molecule has 1 heterocycles. The maximum Gasteiger partial charge on any atom is 0.416 e. The Bertz CT molecular complexity index is 506. The molecule has 0 bridgehead atoms. The molecule has 0 aromatic heterocycles. The number of alkyl halides is 5. The highest BCUT2D eigenvalue weighted by Gasteiger charge is 2.33. The summed E-state index contributed by atoms with van der Waals surface area (Å²) in [7, 11) is 0. The first-order valence-electron chi connectivity index (χ1n) is 6.88. The molecule has 132 valence electrons. The van der Waals surface area contributed by atoms with E-state index in [0.717, 1.165) is 12.1 Å². The Kier molecular flexibility index (Phi) is 7.70. The van der Waals surface area contributed by atoms with E-state index >= 15 is 0 Å². The summed E-state index contributed by atoms with van der Waals surface area (Å²) in [6.07, 6.45) is -7.56. The van der Waals surface area contributed by atoms with Crippen LogP contribution in [0.5, 0.6) is 0 Å². The van der Waals surface area contributed by atoms with Crippen molar-refractivity contribution in [2.45, 2.75) is 25.1 Å². The van der Waals surface area contributed by atoms with Crippen LogP contribution in [0, 0.1) is 0 Å². The molecule has 0 amide bonds. The standard InChI is InChI=1S/C14H16BrF5N2.ClH/c15-11-2-1-9(14(18,19)20)7-10(11)12(8-13(16)17)22-5-3-21-4-6-22;/h1-2,7,12-13,21H,3-6,8H2;1H/t12-;/m0./s1. The van der Waals surface area contributed by atoms with Crippen molar-refractivity contribution in [2.75, 3.05) is 26.2 Å². The van der Waals surface area contributed by atoms with E-state index in [1.165, 1.54) is 6.07 Å². The Morgan fingerprint density at radius 3 is 2.30 bits per heavy atom. The summed E-state index contributed by atoms with van der Waals surface area (Å²) >= 11 is 3.20. The number of halogens is 7. The maximum atomic E-state index is 12.9. The van der Waals surface area contributed by atoms with Gasteiger partial charge in [-0.3, -0.25) is 4.90 Å². The van der Waals surface area contributed by atoms with E-state index in [9.17, 15) is 22.0 Å². The molecular weight excluding hydrogens is 407 g/mol. The largest absolute Gasteiger partial charge is 0.416 e. The van der Waals surface area contributed by atoms with Crippen molar-refractivity contribution >= 4 is 28.3 Å². The number of hydrogen-bond donors (Lipinski definition) is 1. The van der Waals surface area contributed by atoms with Gasteiger partial charge in [-0.05, 0) is 23.8 Å². The number of piperazine rings is 1. The summed E-state index contributed by atoms with van der Waals surface area (Å²) in [6, 6.07) is 2.46. The molecule has 2 rings (SSSR count). The number of nitrogens with zero attached hydrogens (tertiary/aromatic N) is 1. The van der Waals surface area contributed by atoms with Gasteiger partial charge < -0.3 is 5.32 Å². The summed E-state index contributed by atoms with van der Waals surface area (Å²) in [6.45, 7) is 2.33. The van der Waals surface area contributed by atoms with Crippen molar-refractivity contribution in [1.82, 2.24) is 10.2 Å². The highest BCUT2D eigenvalue weighted by Crippen LogP contribution is 2.37. The zero-order chi connectivity index (χ0) is 16.3. The topological polar surface area (TPSA) is 15.3 Å². The third kappa shape index (κ3) is 5.55. The summed E-state index contributed by atoms with van der Waals surface area (Å²) in [5, 5.41) is 3.10. The van der Waals surface area contributed by atoms with E-state index in [1.807, 2.05) is 4.90 Å². The van der Waals surface area contributed by atoms with Gasteiger partial charge in [0.1, 0.15) is 0 Å². The van der Waals surface area contributed by atoms with Gasteiger partial charge in [0.15, 0.2) is 0 Å². The van der Waals surface area contributed by atoms with Gasteiger partial charge in [-0.1, -0.05) is 15.9 Å². The van der Waals surface area contributed by atoms with E-state index in [4.69, 9.17) is 0 Å². The quantitative estimate of drug-likeness (QED) is 0.718. The van der Waals surface area contributed by atoms with Crippen LogP contribution in [0.2, 0.25) is 0 Å². The SMILES string of the molecule is Cl.FC(F)C[C@@H](c1cc(C(F)(F)F)ccc1Br)N1CCNCC1. The van der Waals surface area contributed by atoms with Crippen molar-refractivity contribution in [3.8, 4) is 0 Å². The van der Waals surface area contributed by atoms with Crippen LogP contribution >= 0.6 is 28.3 Å². The maximum absolute atomic E-state index is 12.9. The van der Waals surface area contributed by atoms with Crippen LogP contribution in [-0.2, 0) is 6.18 Å². The van der Waals surface area contributed by atoms with Crippen LogP contribution in [0.15, 0.2) is 22.7 Å². The van der Waals surface area contributed by atoms with Crippen LogP contribution < -0.4 is 5.32 Å². The van der Waals surface area contributed by atoms with E-state index in [2.05, 4.69) is 21.2 Å². The van der Waals surface area contributed by atoms with Crippen molar-refractivity contribution in [2.24, 2.45) is 0 Å². The van der Waals surface area contributed by atoms with Crippen molar-refractivity contribution < 1.29 is 22.0 Å². The Hall–Kier alpha value is -0.440. The van der Waals surface area contributed by atoms with E-state index in [-0.39, 0.29) is 18.0 Å². The highest BCUT2D eigenvalue weighted by atomic mass is 79.9. The molecule has 0 spiro atoms. The molecule has 1 fully saturated rings. The summed E-state index contributed by atoms with van der Waals surface area (Å²) in [5.41, 5.74) is -0.558. The predicted octanol–water partition coefficient (Wildman–Crippen LogP) is 4.49. The zero-order valence-electron chi connectivity index (χ0n) is 12.0. The fourth-order valence-corrected chi connectivity index (χ4v) is 3.12. The zero-order valence-corrected chi connectivity index (χ0v) is 14.4. The van der Waals surface area contributed by atoms with Gasteiger partial charge in [0.05, 0.1) is 5.56 Å². The third-order valence-corrected chi connectivity index (χ3v) is 4.40. The molecule has 1 aromatic rings. The normalized spacial score (nSPS) is 17.9. The lowest BCUT2D eigenvalue weighted by molar-refractivity contribution is -0.137. The average molecular weight is 424 g/mol. The third-order valence-electron chi connectivity index (χ3n) is 3.68. The van der Waals surface area contributed by atoms with Gasteiger partial charge in [-0.15, -0.1) is 12.4 Å². The molecular formula is C14H17BrClF5N2. The molecule has 23 heavy (non-hydrogen) atoms. The Morgan fingerprint density at radius 2 is 1.78 bits per heavy atom. The lowest BCUT2D eigenvalue weighted by Gasteiger charge is -2.35. The number of hydrogen-bond acceptors (Lipinski definition) is 2. The Morgan fingerprint density at radius 1 is 1.17 bits per heavy atom. The minimum atomic E-state index is -4.49. The van der Waals surface area contributed by atoms with Crippen molar-refractivity contribution in [3.05, 3.63) is 33.8 Å². The minimum absolute atomic E-state index is 0. The monoisotopic (exact) mass is 422 g/mol. The number of benzene rings is 1. The highest BCUT2D eigenvalue weighted by molar-refractivity contribution is 9.10. The molecule has 0 radical (unpaired) electrons. The fraction of sp³-hybridized carbons (Fsp3) is 0.571. The number of rotatable bonds is 4. The number of nitrogens with one attached hydrogen (secondary N) is 1. The summed E-state index contributed by atoms with van der Waals surface area (Å²) < 4.78 is 64.9. The smallest absolute Gasteiger partial charge is 0.314 e. The molecule has 1 N–H and O–H groups in total. The Balaban J connectivity index is 0.00000264. The van der Waals surface area contributed by atoms with Gasteiger partial charge in [-0.25, -0.2) is 8.78 Å². The van der Waals surface area contributed by atoms with Gasteiger partial charge in [0.2, 0.25) is 6.43 Å². The first-order valence-corrected chi connectivity index (χ1v) is 7.68. The Labute approximate surface area is 146 Å².